The molecule has 0 atom stereocenters. The van der Waals surface area contributed by atoms with Gasteiger partial charge in [-0.25, -0.2) is 0 Å². The van der Waals surface area contributed by atoms with E-state index in [4.69, 9.17) is 0 Å². The van der Waals surface area contributed by atoms with Crippen LogP contribution in [0.15, 0.2) is 42.6 Å². The van der Waals surface area contributed by atoms with Gasteiger partial charge in [0.25, 0.3) is 0 Å². The zero-order valence-corrected chi connectivity index (χ0v) is 10.7. The van der Waals surface area contributed by atoms with E-state index in [9.17, 15) is 0 Å². The van der Waals surface area contributed by atoms with Crippen molar-refractivity contribution in [2.24, 2.45) is 0 Å². The Labute approximate surface area is 104 Å². The normalized spacial score (nSPS) is 10.5. The van der Waals surface area contributed by atoms with Crippen LogP contribution in [0.2, 0.25) is 0 Å². The molecule has 2 aromatic rings. The smallest absolute Gasteiger partial charge is 0.0804 e. The van der Waals surface area contributed by atoms with Crippen LogP contribution in [0.4, 0.5) is 0 Å². The van der Waals surface area contributed by atoms with E-state index < -0.39 is 0 Å². The molecule has 0 saturated carbocycles. The van der Waals surface area contributed by atoms with Gasteiger partial charge >= 0.3 is 0 Å². The zero-order valence-electron chi connectivity index (χ0n) is 8.54. The summed E-state index contributed by atoms with van der Waals surface area (Å²) in [6, 6.07) is 12.8. The lowest BCUT2D eigenvalue weighted by molar-refractivity contribution is 0.818. The van der Waals surface area contributed by atoms with Crippen LogP contribution in [0, 0.1) is 3.70 Å². The number of H-pyrrole nitrogens is 1. The van der Waals surface area contributed by atoms with Crippen LogP contribution in [0.5, 0.6) is 0 Å². The van der Waals surface area contributed by atoms with E-state index in [1.54, 1.807) is 0 Å². The molecule has 1 nitrogen and oxygen atoms in total. The Hall–Kier alpha value is -0.770. The molecule has 0 radical (unpaired) electrons. The van der Waals surface area contributed by atoms with Crippen molar-refractivity contribution < 1.29 is 0 Å². The van der Waals surface area contributed by atoms with Crippen LogP contribution < -0.4 is 0 Å². The van der Waals surface area contributed by atoms with Crippen LogP contribution in [-0.4, -0.2) is 4.98 Å². The largest absolute Gasteiger partial charge is 0.357 e. The summed E-state index contributed by atoms with van der Waals surface area (Å²) in [6.45, 7) is 0. The number of aromatic nitrogens is 1. The fraction of sp³-hybridized carbons (Fsp3) is 0.231. The Balaban J connectivity index is 1.83. The van der Waals surface area contributed by atoms with Gasteiger partial charge in [0.05, 0.1) is 3.70 Å². The first-order chi connectivity index (χ1) is 7.36. The van der Waals surface area contributed by atoms with Crippen molar-refractivity contribution in [2.45, 2.75) is 19.3 Å². The molecule has 0 aliphatic carbocycles. The average Bonchev–Trinajstić information content (AvgIpc) is 2.66. The third-order valence-corrected chi connectivity index (χ3v) is 3.54. The fourth-order valence-corrected chi connectivity index (χ4v) is 2.33. The highest BCUT2D eigenvalue weighted by molar-refractivity contribution is 14.1. The molecule has 1 aromatic heterocycles. The van der Waals surface area contributed by atoms with Gasteiger partial charge in [-0.05, 0) is 59.0 Å². The minimum Gasteiger partial charge on any atom is -0.357 e. The summed E-state index contributed by atoms with van der Waals surface area (Å²) in [5.41, 5.74) is 2.87. The van der Waals surface area contributed by atoms with E-state index in [1.807, 2.05) is 6.20 Å². The molecular weight excluding hydrogens is 297 g/mol. The van der Waals surface area contributed by atoms with E-state index in [1.165, 1.54) is 27.7 Å². The molecular formula is C13H14IN. The van der Waals surface area contributed by atoms with Gasteiger partial charge < -0.3 is 4.98 Å². The molecule has 0 saturated heterocycles. The van der Waals surface area contributed by atoms with Gasteiger partial charge in [-0.15, -0.1) is 0 Å². The van der Waals surface area contributed by atoms with Gasteiger partial charge in [0.15, 0.2) is 0 Å². The highest BCUT2D eigenvalue weighted by Gasteiger charge is 2.00. The number of hydrogen-bond acceptors (Lipinski definition) is 0. The number of nitrogens with one attached hydrogen (secondary N) is 1. The standard InChI is InChI=1S/C13H14IN/c14-13-12(9-10-15-13)8-4-7-11-5-2-1-3-6-11/h1-3,5-6,9-10,15H,4,7-8H2. The summed E-state index contributed by atoms with van der Waals surface area (Å²) in [5.74, 6) is 0. The molecule has 1 N–H and O–H groups in total. The number of aryl methyl sites for hydroxylation is 2. The quantitative estimate of drug-likeness (QED) is 0.827. The Morgan fingerprint density at radius 1 is 1.00 bits per heavy atom. The highest BCUT2D eigenvalue weighted by Crippen LogP contribution is 2.13. The third-order valence-electron chi connectivity index (χ3n) is 2.53. The molecule has 0 unspecified atom stereocenters. The van der Waals surface area contributed by atoms with E-state index in [2.05, 4.69) is 64.0 Å². The topological polar surface area (TPSA) is 15.8 Å². The van der Waals surface area contributed by atoms with E-state index >= 15 is 0 Å². The summed E-state index contributed by atoms with van der Waals surface area (Å²) in [7, 11) is 0. The number of benzene rings is 1. The van der Waals surface area contributed by atoms with Crippen LogP contribution >= 0.6 is 22.6 Å². The van der Waals surface area contributed by atoms with Crippen molar-refractivity contribution in [2.75, 3.05) is 0 Å². The first kappa shape index (κ1) is 10.7. The summed E-state index contributed by atoms with van der Waals surface area (Å²) in [5, 5.41) is 0. The van der Waals surface area contributed by atoms with Crippen molar-refractivity contribution >= 4 is 22.6 Å². The van der Waals surface area contributed by atoms with Crippen molar-refractivity contribution in [3.63, 3.8) is 0 Å². The maximum Gasteiger partial charge on any atom is 0.0804 e. The van der Waals surface area contributed by atoms with Crippen molar-refractivity contribution in [1.29, 1.82) is 0 Å². The minimum atomic E-state index is 1.16. The maximum atomic E-state index is 3.20. The van der Waals surface area contributed by atoms with Gasteiger partial charge in [-0.3, -0.25) is 0 Å². The monoisotopic (exact) mass is 311 g/mol. The number of rotatable bonds is 4. The molecule has 78 valence electrons. The zero-order chi connectivity index (χ0) is 10.5. The molecule has 0 fully saturated rings. The van der Waals surface area contributed by atoms with E-state index in [-0.39, 0.29) is 0 Å². The summed E-state index contributed by atoms with van der Waals surface area (Å²) in [6.07, 6.45) is 5.57. The van der Waals surface area contributed by atoms with E-state index in [0.717, 1.165) is 6.42 Å². The fourth-order valence-electron chi connectivity index (χ4n) is 1.70. The average molecular weight is 311 g/mol. The van der Waals surface area contributed by atoms with Crippen molar-refractivity contribution in [1.82, 2.24) is 4.98 Å². The predicted octanol–water partition coefficient (Wildman–Crippen LogP) is 3.79. The summed E-state index contributed by atoms with van der Waals surface area (Å²) < 4.78 is 1.28. The lowest BCUT2D eigenvalue weighted by Crippen LogP contribution is -1.90. The summed E-state index contributed by atoms with van der Waals surface area (Å²) >= 11 is 2.35. The van der Waals surface area contributed by atoms with Crippen LogP contribution in [0.1, 0.15) is 17.5 Å². The molecule has 0 aliphatic heterocycles. The predicted molar refractivity (Wildman–Crippen MR) is 72.0 cm³/mol. The number of halogens is 1. The van der Waals surface area contributed by atoms with Crippen LogP contribution in [-0.2, 0) is 12.8 Å². The molecule has 0 bridgehead atoms. The van der Waals surface area contributed by atoms with Gasteiger partial charge in [0, 0.05) is 6.20 Å². The summed E-state index contributed by atoms with van der Waals surface area (Å²) in [4.78, 5) is 3.20. The molecule has 0 aliphatic rings. The lowest BCUT2D eigenvalue weighted by Gasteiger charge is -2.00. The molecule has 2 rings (SSSR count). The molecule has 1 heterocycles. The van der Waals surface area contributed by atoms with Crippen LogP contribution in [0.25, 0.3) is 0 Å². The third kappa shape index (κ3) is 3.09. The highest BCUT2D eigenvalue weighted by atomic mass is 127. The Morgan fingerprint density at radius 3 is 2.47 bits per heavy atom. The van der Waals surface area contributed by atoms with Crippen LogP contribution in [0.3, 0.4) is 0 Å². The van der Waals surface area contributed by atoms with Crippen molar-refractivity contribution in [3.8, 4) is 0 Å². The van der Waals surface area contributed by atoms with Gasteiger partial charge in [-0.2, -0.15) is 0 Å². The molecule has 2 heteroatoms. The Bertz CT molecular complexity index is 405. The second-order valence-electron chi connectivity index (χ2n) is 3.66. The van der Waals surface area contributed by atoms with Gasteiger partial charge in [0.1, 0.15) is 0 Å². The Kier molecular flexibility index (Phi) is 3.83. The lowest BCUT2D eigenvalue weighted by atomic mass is 10.1. The molecule has 0 spiro atoms. The maximum absolute atomic E-state index is 3.20. The SMILES string of the molecule is Ic1[nH]ccc1CCCc1ccccc1. The van der Waals surface area contributed by atoms with Crippen molar-refractivity contribution in [3.05, 3.63) is 57.4 Å². The second kappa shape index (κ2) is 5.35. The molecule has 0 amide bonds. The minimum absolute atomic E-state index is 1.16. The van der Waals surface area contributed by atoms with Gasteiger partial charge in [0.2, 0.25) is 0 Å². The molecule has 15 heavy (non-hydrogen) atoms. The number of hydrogen-bond donors (Lipinski definition) is 1. The van der Waals surface area contributed by atoms with E-state index in [0.29, 0.717) is 0 Å². The first-order valence-electron chi connectivity index (χ1n) is 5.22. The second-order valence-corrected chi connectivity index (χ2v) is 4.73. The first-order valence-corrected chi connectivity index (χ1v) is 6.30. The Morgan fingerprint density at radius 2 is 1.80 bits per heavy atom. The van der Waals surface area contributed by atoms with Gasteiger partial charge in [-0.1, -0.05) is 30.3 Å². The molecule has 1 aromatic carbocycles. The number of aromatic amines is 1.